The first-order valence-electron chi connectivity index (χ1n) is 5.98. The Hall–Kier alpha value is -2.09. The van der Waals surface area contributed by atoms with E-state index in [-0.39, 0.29) is 21.7 Å². The van der Waals surface area contributed by atoms with E-state index in [1.807, 2.05) is 0 Å². The number of non-ortho nitro benzene ring substituents is 1. The third-order valence-corrected chi connectivity index (χ3v) is 3.40. The van der Waals surface area contributed by atoms with Crippen LogP contribution in [-0.4, -0.2) is 4.92 Å². The highest BCUT2D eigenvalue weighted by molar-refractivity contribution is 9.10. The zero-order chi connectivity index (χ0) is 16.5. The number of ether oxygens (including phenoxy) is 1. The quantitative estimate of drug-likeness (QED) is 0.527. The summed E-state index contributed by atoms with van der Waals surface area (Å²) in [5.41, 5.74) is -0.542. The third-order valence-electron chi connectivity index (χ3n) is 2.81. The van der Waals surface area contributed by atoms with Crippen LogP contribution in [0.15, 0.2) is 40.9 Å². The van der Waals surface area contributed by atoms with E-state index in [0.717, 1.165) is 12.1 Å². The summed E-state index contributed by atoms with van der Waals surface area (Å²) < 4.78 is 43.7. The molecule has 0 bridgehead atoms. The van der Waals surface area contributed by atoms with Crippen molar-refractivity contribution in [3.63, 3.8) is 0 Å². The number of aryl methyl sites for hydroxylation is 1. The Kier molecular flexibility index (Phi) is 4.41. The van der Waals surface area contributed by atoms with Crippen molar-refractivity contribution >= 4 is 21.6 Å². The zero-order valence-electron chi connectivity index (χ0n) is 11.1. The Morgan fingerprint density at radius 1 is 1.23 bits per heavy atom. The first-order valence-corrected chi connectivity index (χ1v) is 6.77. The summed E-state index contributed by atoms with van der Waals surface area (Å²) in [7, 11) is 0. The molecular formula is C14H9BrF3NO3. The van der Waals surface area contributed by atoms with E-state index in [0.29, 0.717) is 5.56 Å². The molecule has 0 spiro atoms. The molecule has 8 heteroatoms. The Morgan fingerprint density at radius 2 is 1.91 bits per heavy atom. The number of hydrogen-bond donors (Lipinski definition) is 0. The molecule has 0 N–H and O–H groups in total. The standard InChI is InChI=1S/C14H9BrF3NO3/c1-8-5-10(19(20)21)7-12(15)13(8)22-11-4-2-3-9(6-11)14(16,17)18/h2-7H,1H3. The van der Waals surface area contributed by atoms with Crippen LogP contribution < -0.4 is 4.74 Å². The van der Waals surface area contributed by atoms with E-state index < -0.39 is 16.7 Å². The molecule has 2 aromatic carbocycles. The van der Waals surface area contributed by atoms with E-state index in [1.54, 1.807) is 6.92 Å². The fourth-order valence-corrected chi connectivity index (χ4v) is 2.43. The van der Waals surface area contributed by atoms with Crippen LogP contribution in [0.1, 0.15) is 11.1 Å². The van der Waals surface area contributed by atoms with E-state index in [9.17, 15) is 23.3 Å². The highest BCUT2D eigenvalue weighted by Gasteiger charge is 2.30. The van der Waals surface area contributed by atoms with E-state index in [1.165, 1.54) is 24.3 Å². The van der Waals surface area contributed by atoms with Crippen LogP contribution in [0.25, 0.3) is 0 Å². The van der Waals surface area contributed by atoms with Gasteiger partial charge in [-0.25, -0.2) is 0 Å². The number of benzene rings is 2. The van der Waals surface area contributed by atoms with Gasteiger partial charge in [-0.1, -0.05) is 6.07 Å². The molecule has 0 amide bonds. The molecule has 2 rings (SSSR count). The molecular weight excluding hydrogens is 367 g/mol. The number of hydrogen-bond acceptors (Lipinski definition) is 3. The third kappa shape index (κ3) is 3.56. The number of nitro groups is 1. The maximum atomic E-state index is 12.7. The van der Waals surface area contributed by atoms with Gasteiger partial charge in [0.1, 0.15) is 11.5 Å². The molecule has 0 radical (unpaired) electrons. The lowest BCUT2D eigenvalue weighted by Crippen LogP contribution is -2.04. The summed E-state index contributed by atoms with van der Waals surface area (Å²) >= 11 is 3.13. The Balaban J connectivity index is 2.38. The van der Waals surface area contributed by atoms with Crippen molar-refractivity contribution < 1.29 is 22.8 Å². The summed E-state index contributed by atoms with van der Waals surface area (Å²) in [6.07, 6.45) is -4.47. The van der Waals surface area contributed by atoms with E-state index in [4.69, 9.17) is 4.74 Å². The maximum absolute atomic E-state index is 12.7. The normalized spacial score (nSPS) is 11.3. The van der Waals surface area contributed by atoms with Crippen molar-refractivity contribution in [3.05, 3.63) is 62.1 Å². The lowest BCUT2D eigenvalue weighted by molar-refractivity contribution is -0.385. The Labute approximate surface area is 131 Å². The summed E-state index contributed by atoms with van der Waals surface area (Å²) in [5.74, 6) is 0.220. The van der Waals surface area contributed by atoms with Crippen LogP contribution >= 0.6 is 15.9 Å². The molecule has 0 fully saturated rings. The SMILES string of the molecule is Cc1cc([N+](=O)[O-])cc(Br)c1Oc1cccc(C(F)(F)F)c1. The molecule has 2 aromatic rings. The zero-order valence-corrected chi connectivity index (χ0v) is 12.7. The molecule has 116 valence electrons. The number of nitrogens with zero attached hydrogens (tertiary/aromatic N) is 1. The van der Waals surface area contributed by atoms with Gasteiger partial charge in [-0.2, -0.15) is 13.2 Å². The Bertz CT molecular complexity index is 709. The van der Waals surface area contributed by atoms with Crippen molar-refractivity contribution in [2.45, 2.75) is 13.1 Å². The predicted molar refractivity (Wildman–Crippen MR) is 77.1 cm³/mol. The van der Waals surface area contributed by atoms with E-state index in [2.05, 4.69) is 15.9 Å². The van der Waals surface area contributed by atoms with Crippen molar-refractivity contribution in [1.82, 2.24) is 0 Å². The monoisotopic (exact) mass is 375 g/mol. The number of rotatable bonds is 3. The van der Waals surface area contributed by atoms with Gasteiger partial charge in [0, 0.05) is 12.1 Å². The average Bonchev–Trinajstić information content (AvgIpc) is 2.42. The topological polar surface area (TPSA) is 52.4 Å². The Morgan fingerprint density at radius 3 is 2.45 bits per heavy atom. The molecule has 22 heavy (non-hydrogen) atoms. The molecule has 0 saturated heterocycles. The molecule has 0 atom stereocenters. The van der Waals surface area contributed by atoms with Crippen LogP contribution in [0.5, 0.6) is 11.5 Å². The average molecular weight is 376 g/mol. The summed E-state index contributed by atoms with van der Waals surface area (Å²) in [4.78, 5) is 10.2. The second-order valence-electron chi connectivity index (χ2n) is 4.46. The number of nitro benzene ring substituents is 1. The minimum Gasteiger partial charge on any atom is -0.456 e. The molecule has 0 aliphatic rings. The molecule has 4 nitrogen and oxygen atoms in total. The molecule has 0 aromatic heterocycles. The van der Waals surface area contributed by atoms with Crippen molar-refractivity contribution in [1.29, 1.82) is 0 Å². The van der Waals surface area contributed by atoms with Gasteiger partial charge in [-0.3, -0.25) is 10.1 Å². The van der Waals surface area contributed by atoms with Crippen LogP contribution in [0.2, 0.25) is 0 Å². The van der Waals surface area contributed by atoms with Gasteiger partial charge in [-0.15, -0.1) is 0 Å². The first kappa shape index (κ1) is 16.3. The number of halogens is 4. The summed E-state index contributed by atoms with van der Waals surface area (Å²) in [5, 5.41) is 10.7. The minimum atomic E-state index is -4.47. The van der Waals surface area contributed by atoms with Crippen LogP contribution in [0, 0.1) is 17.0 Å². The molecule has 0 heterocycles. The first-order chi connectivity index (χ1) is 10.2. The second-order valence-corrected chi connectivity index (χ2v) is 5.31. The van der Waals surface area contributed by atoms with Crippen LogP contribution in [0.3, 0.4) is 0 Å². The van der Waals surface area contributed by atoms with Gasteiger partial charge >= 0.3 is 6.18 Å². The molecule has 0 saturated carbocycles. The fraction of sp³-hybridized carbons (Fsp3) is 0.143. The fourth-order valence-electron chi connectivity index (χ4n) is 1.80. The highest BCUT2D eigenvalue weighted by atomic mass is 79.9. The smallest absolute Gasteiger partial charge is 0.416 e. The summed E-state index contributed by atoms with van der Waals surface area (Å²) in [6.45, 7) is 1.57. The molecule has 0 unspecified atom stereocenters. The highest BCUT2D eigenvalue weighted by Crippen LogP contribution is 2.38. The maximum Gasteiger partial charge on any atom is 0.416 e. The van der Waals surface area contributed by atoms with Gasteiger partial charge in [0.2, 0.25) is 0 Å². The predicted octanol–water partition coefficient (Wildman–Crippen LogP) is 5.48. The van der Waals surface area contributed by atoms with Gasteiger partial charge in [0.15, 0.2) is 0 Å². The summed E-state index contributed by atoms with van der Waals surface area (Å²) in [6, 6.07) is 6.93. The van der Waals surface area contributed by atoms with Gasteiger partial charge in [0.25, 0.3) is 5.69 Å². The van der Waals surface area contributed by atoms with Crippen molar-refractivity contribution in [3.8, 4) is 11.5 Å². The van der Waals surface area contributed by atoms with Gasteiger partial charge in [-0.05, 0) is 46.6 Å². The van der Waals surface area contributed by atoms with Crippen molar-refractivity contribution in [2.75, 3.05) is 0 Å². The second kappa shape index (κ2) is 5.96. The largest absolute Gasteiger partial charge is 0.456 e. The lowest BCUT2D eigenvalue weighted by Gasteiger charge is -2.12. The van der Waals surface area contributed by atoms with Gasteiger partial charge < -0.3 is 4.74 Å². The molecule has 0 aliphatic heterocycles. The number of alkyl halides is 3. The minimum absolute atomic E-state index is 0.00696. The van der Waals surface area contributed by atoms with E-state index >= 15 is 0 Å². The van der Waals surface area contributed by atoms with Crippen molar-refractivity contribution in [2.24, 2.45) is 0 Å². The van der Waals surface area contributed by atoms with Gasteiger partial charge in [0.05, 0.1) is 15.0 Å². The van der Waals surface area contributed by atoms with Crippen LogP contribution in [0.4, 0.5) is 18.9 Å². The molecule has 0 aliphatic carbocycles. The lowest BCUT2D eigenvalue weighted by atomic mass is 10.2. The van der Waals surface area contributed by atoms with Crippen LogP contribution in [-0.2, 0) is 6.18 Å².